The molecule has 0 spiro atoms. The molecule has 1 rings (SSSR count). The maximum absolute atomic E-state index is 11.7. The Morgan fingerprint density at radius 3 is 2.58 bits per heavy atom. The first-order valence-electron chi connectivity index (χ1n) is 6.27. The van der Waals surface area contributed by atoms with E-state index in [1.807, 2.05) is 26.8 Å². The third kappa shape index (κ3) is 5.30. The molecule has 2 amide bonds. The van der Waals surface area contributed by atoms with Crippen LogP contribution in [-0.2, 0) is 9.59 Å². The van der Waals surface area contributed by atoms with Crippen molar-refractivity contribution in [1.29, 1.82) is 0 Å². The Balaban J connectivity index is 2.51. The number of halogens is 1. The van der Waals surface area contributed by atoms with Crippen molar-refractivity contribution in [2.75, 3.05) is 5.32 Å². The second kappa shape index (κ2) is 7.14. The van der Waals surface area contributed by atoms with E-state index in [1.54, 1.807) is 12.1 Å². The summed E-state index contributed by atoms with van der Waals surface area (Å²) in [6.07, 6.45) is 0.650. The van der Waals surface area contributed by atoms with E-state index in [0.29, 0.717) is 10.7 Å². The highest BCUT2D eigenvalue weighted by molar-refractivity contribution is 6.31. The number of anilines is 1. The van der Waals surface area contributed by atoms with Crippen LogP contribution in [-0.4, -0.2) is 17.9 Å². The number of rotatable bonds is 5. The molecule has 1 atom stereocenters. The molecule has 4 nitrogen and oxygen atoms in total. The van der Waals surface area contributed by atoms with E-state index in [-0.39, 0.29) is 24.3 Å². The highest BCUT2D eigenvalue weighted by Gasteiger charge is 2.11. The lowest BCUT2D eigenvalue weighted by Gasteiger charge is -2.11. The number of aryl methyl sites for hydroxylation is 1. The van der Waals surface area contributed by atoms with Gasteiger partial charge in [0.2, 0.25) is 11.8 Å². The molecule has 19 heavy (non-hydrogen) atoms. The van der Waals surface area contributed by atoms with Gasteiger partial charge in [0.15, 0.2) is 0 Å². The average Bonchev–Trinajstić information content (AvgIpc) is 2.33. The number of carbonyl (C=O) groups is 2. The van der Waals surface area contributed by atoms with Gasteiger partial charge in [-0.05, 0) is 38.0 Å². The Hall–Kier alpha value is -1.55. The third-order valence-electron chi connectivity index (χ3n) is 2.80. The summed E-state index contributed by atoms with van der Waals surface area (Å²) in [6, 6.07) is 5.32. The van der Waals surface area contributed by atoms with Crippen LogP contribution in [0.4, 0.5) is 5.69 Å². The summed E-state index contributed by atoms with van der Waals surface area (Å²) in [4.78, 5) is 23.2. The van der Waals surface area contributed by atoms with Crippen molar-refractivity contribution in [1.82, 2.24) is 5.32 Å². The van der Waals surface area contributed by atoms with Crippen LogP contribution in [0.1, 0.15) is 32.3 Å². The van der Waals surface area contributed by atoms with Gasteiger partial charge in [-0.15, -0.1) is 0 Å². The summed E-state index contributed by atoms with van der Waals surface area (Å²) in [5, 5.41) is 5.97. The van der Waals surface area contributed by atoms with Gasteiger partial charge in [-0.3, -0.25) is 9.59 Å². The SMILES string of the molecule is CCC(C)NC(=O)CC(=O)Nc1ccc(C)c(Cl)c1. The first-order chi connectivity index (χ1) is 8.92. The quantitative estimate of drug-likeness (QED) is 0.816. The zero-order chi connectivity index (χ0) is 14.4. The molecule has 0 radical (unpaired) electrons. The van der Waals surface area contributed by atoms with Gasteiger partial charge in [0, 0.05) is 16.8 Å². The van der Waals surface area contributed by atoms with E-state index in [9.17, 15) is 9.59 Å². The molecule has 0 saturated carbocycles. The van der Waals surface area contributed by atoms with E-state index in [0.717, 1.165) is 12.0 Å². The fourth-order valence-corrected chi connectivity index (χ4v) is 1.63. The summed E-state index contributed by atoms with van der Waals surface area (Å²) in [7, 11) is 0. The molecule has 104 valence electrons. The highest BCUT2D eigenvalue weighted by atomic mass is 35.5. The molecule has 0 fully saturated rings. The van der Waals surface area contributed by atoms with Crippen molar-refractivity contribution in [3.05, 3.63) is 28.8 Å². The predicted molar refractivity (Wildman–Crippen MR) is 77.3 cm³/mol. The second-order valence-electron chi connectivity index (χ2n) is 4.57. The lowest BCUT2D eigenvalue weighted by molar-refractivity contribution is -0.127. The standard InChI is InChI=1S/C14H19ClN2O2/c1-4-10(3)16-13(18)8-14(19)17-11-6-5-9(2)12(15)7-11/h5-7,10H,4,8H2,1-3H3,(H,16,18)(H,17,19). The van der Waals surface area contributed by atoms with Crippen LogP contribution in [0.5, 0.6) is 0 Å². The van der Waals surface area contributed by atoms with Crippen LogP contribution < -0.4 is 10.6 Å². The molecular weight excluding hydrogens is 264 g/mol. The van der Waals surface area contributed by atoms with Crippen LogP contribution in [0.2, 0.25) is 5.02 Å². The van der Waals surface area contributed by atoms with Crippen molar-refractivity contribution in [2.45, 2.75) is 39.7 Å². The molecule has 0 saturated heterocycles. The summed E-state index contributed by atoms with van der Waals surface area (Å²) in [6.45, 7) is 5.75. The van der Waals surface area contributed by atoms with E-state index >= 15 is 0 Å². The molecule has 1 aromatic carbocycles. The minimum absolute atomic E-state index is 0.0779. The molecule has 5 heteroatoms. The predicted octanol–water partition coefficient (Wildman–Crippen LogP) is 2.89. The van der Waals surface area contributed by atoms with Crippen LogP contribution in [0.15, 0.2) is 18.2 Å². The summed E-state index contributed by atoms with van der Waals surface area (Å²) in [5.41, 5.74) is 1.53. The van der Waals surface area contributed by atoms with Gasteiger partial charge in [0.1, 0.15) is 6.42 Å². The Kier molecular flexibility index (Phi) is 5.83. The minimum atomic E-state index is -0.347. The molecule has 2 N–H and O–H groups in total. The molecule has 0 aliphatic carbocycles. The Morgan fingerprint density at radius 2 is 2.00 bits per heavy atom. The smallest absolute Gasteiger partial charge is 0.233 e. The van der Waals surface area contributed by atoms with Gasteiger partial charge in [-0.1, -0.05) is 24.6 Å². The molecule has 0 aliphatic rings. The maximum Gasteiger partial charge on any atom is 0.233 e. The molecule has 0 heterocycles. The monoisotopic (exact) mass is 282 g/mol. The van der Waals surface area contributed by atoms with Gasteiger partial charge in [0.05, 0.1) is 0 Å². The second-order valence-corrected chi connectivity index (χ2v) is 4.97. The zero-order valence-corrected chi connectivity index (χ0v) is 12.2. The van der Waals surface area contributed by atoms with E-state index in [1.165, 1.54) is 0 Å². The topological polar surface area (TPSA) is 58.2 Å². The Labute approximate surface area is 118 Å². The summed E-state index contributed by atoms with van der Waals surface area (Å²) < 4.78 is 0. The molecule has 0 aliphatic heterocycles. The van der Waals surface area contributed by atoms with Crippen LogP contribution in [0.3, 0.4) is 0 Å². The Bertz CT molecular complexity index is 475. The van der Waals surface area contributed by atoms with E-state index in [4.69, 9.17) is 11.6 Å². The number of carbonyl (C=O) groups excluding carboxylic acids is 2. The molecule has 0 aromatic heterocycles. The van der Waals surface area contributed by atoms with Crippen molar-refractivity contribution in [2.24, 2.45) is 0 Å². The normalized spacial score (nSPS) is 11.8. The average molecular weight is 283 g/mol. The largest absolute Gasteiger partial charge is 0.353 e. The maximum atomic E-state index is 11.7. The lowest BCUT2D eigenvalue weighted by atomic mass is 10.2. The zero-order valence-electron chi connectivity index (χ0n) is 11.4. The number of benzene rings is 1. The number of amides is 2. The molecule has 1 aromatic rings. The van der Waals surface area contributed by atoms with Gasteiger partial charge in [0.25, 0.3) is 0 Å². The van der Waals surface area contributed by atoms with Crippen LogP contribution in [0.25, 0.3) is 0 Å². The fraction of sp³-hybridized carbons (Fsp3) is 0.429. The lowest BCUT2D eigenvalue weighted by Crippen LogP contribution is -2.34. The van der Waals surface area contributed by atoms with Crippen molar-refractivity contribution in [3.8, 4) is 0 Å². The van der Waals surface area contributed by atoms with Gasteiger partial charge >= 0.3 is 0 Å². The third-order valence-corrected chi connectivity index (χ3v) is 3.20. The first kappa shape index (κ1) is 15.5. The van der Waals surface area contributed by atoms with E-state index in [2.05, 4.69) is 10.6 Å². The van der Waals surface area contributed by atoms with Crippen LogP contribution in [0, 0.1) is 6.92 Å². The van der Waals surface area contributed by atoms with Crippen molar-refractivity contribution in [3.63, 3.8) is 0 Å². The first-order valence-corrected chi connectivity index (χ1v) is 6.65. The summed E-state index contributed by atoms with van der Waals surface area (Å²) >= 11 is 5.96. The van der Waals surface area contributed by atoms with E-state index < -0.39 is 0 Å². The number of hydrogen-bond donors (Lipinski definition) is 2. The van der Waals surface area contributed by atoms with Crippen LogP contribution >= 0.6 is 11.6 Å². The van der Waals surface area contributed by atoms with Gasteiger partial charge in [-0.25, -0.2) is 0 Å². The van der Waals surface area contributed by atoms with Crippen molar-refractivity contribution < 1.29 is 9.59 Å². The molecule has 1 unspecified atom stereocenters. The van der Waals surface area contributed by atoms with Gasteiger partial charge in [-0.2, -0.15) is 0 Å². The summed E-state index contributed by atoms with van der Waals surface area (Å²) in [5.74, 6) is -0.620. The van der Waals surface area contributed by atoms with Gasteiger partial charge < -0.3 is 10.6 Å². The number of nitrogens with one attached hydrogen (secondary N) is 2. The molecular formula is C14H19ClN2O2. The Morgan fingerprint density at radius 1 is 1.32 bits per heavy atom. The molecule has 0 bridgehead atoms. The number of hydrogen-bond acceptors (Lipinski definition) is 2. The highest BCUT2D eigenvalue weighted by Crippen LogP contribution is 2.19. The van der Waals surface area contributed by atoms with Crippen molar-refractivity contribution >= 4 is 29.1 Å². The minimum Gasteiger partial charge on any atom is -0.353 e. The fourth-order valence-electron chi connectivity index (χ4n) is 1.45.